The summed E-state index contributed by atoms with van der Waals surface area (Å²) < 4.78 is 0.433. The fourth-order valence-corrected chi connectivity index (χ4v) is 5.66. The van der Waals surface area contributed by atoms with Crippen LogP contribution in [0.2, 0.25) is 0 Å². The highest BCUT2D eigenvalue weighted by molar-refractivity contribution is 8.26. The summed E-state index contributed by atoms with van der Waals surface area (Å²) in [7, 11) is 0. The Labute approximate surface area is 219 Å². The number of hydrogen-bond acceptors (Lipinski definition) is 5. The van der Waals surface area contributed by atoms with Gasteiger partial charge in [-0.05, 0) is 23.6 Å². The van der Waals surface area contributed by atoms with Crippen LogP contribution in [0.25, 0.3) is 5.57 Å². The maximum Gasteiger partial charge on any atom is 0.267 e. The van der Waals surface area contributed by atoms with E-state index < -0.39 is 0 Å². The first-order chi connectivity index (χ1) is 17.5. The number of nitrogens with one attached hydrogen (secondary N) is 1. The Hall–Kier alpha value is -3.75. The van der Waals surface area contributed by atoms with Gasteiger partial charge in [-0.15, -0.1) is 0 Å². The van der Waals surface area contributed by atoms with Crippen LogP contribution < -0.4 is 10.2 Å². The molecule has 0 unspecified atom stereocenters. The molecule has 3 amide bonds. The molecule has 0 radical (unpaired) electrons. The van der Waals surface area contributed by atoms with Crippen LogP contribution in [0.5, 0.6) is 0 Å². The minimum absolute atomic E-state index is 0.138. The maximum atomic E-state index is 13.6. The van der Waals surface area contributed by atoms with E-state index in [0.29, 0.717) is 45.6 Å². The Morgan fingerprint density at radius 2 is 1.44 bits per heavy atom. The summed E-state index contributed by atoms with van der Waals surface area (Å²) in [6.07, 6.45) is 0.661. The molecule has 6 nitrogen and oxygen atoms in total. The zero-order valence-electron chi connectivity index (χ0n) is 19.3. The Bertz CT molecular complexity index is 1370. The molecule has 0 aromatic heterocycles. The largest absolute Gasteiger partial charge is 0.350 e. The molecule has 2 heterocycles. The van der Waals surface area contributed by atoms with Gasteiger partial charge in [-0.25, -0.2) is 0 Å². The van der Waals surface area contributed by atoms with Gasteiger partial charge in [0, 0.05) is 18.7 Å². The van der Waals surface area contributed by atoms with Gasteiger partial charge in [-0.2, -0.15) is 0 Å². The molecule has 3 aromatic rings. The van der Waals surface area contributed by atoms with E-state index >= 15 is 0 Å². The third-order valence-corrected chi connectivity index (χ3v) is 7.55. The first kappa shape index (κ1) is 24.0. The van der Waals surface area contributed by atoms with Gasteiger partial charge < -0.3 is 5.32 Å². The molecule has 0 atom stereocenters. The highest BCUT2D eigenvalue weighted by Gasteiger charge is 2.42. The van der Waals surface area contributed by atoms with E-state index in [4.69, 9.17) is 12.2 Å². The van der Waals surface area contributed by atoms with Crippen molar-refractivity contribution in [2.24, 2.45) is 0 Å². The highest BCUT2D eigenvalue weighted by Crippen LogP contribution is 2.44. The molecule has 180 valence electrons. The average molecular weight is 514 g/mol. The van der Waals surface area contributed by atoms with Crippen molar-refractivity contribution in [2.45, 2.75) is 13.0 Å². The number of thiocarbonyl (C=S) groups is 1. The van der Waals surface area contributed by atoms with Crippen LogP contribution in [0.15, 0.2) is 89.8 Å². The monoisotopic (exact) mass is 513 g/mol. The van der Waals surface area contributed by atoms with Crippen molar-refractivity contribution in [1.29, 1.82) is 0 Å². The van der Waals surface area contributed by atoms with Crippen molar-refractivity contribution in [1.82, 2.24) is 10.2 Å². The fourth-order valence-electron chi connectivity index (χ4n) is 4.28. The van der Waals surface area contributed by atoms with Crippen molar-refractivity contribution >= 4 is 57.3 Å². The number of para-hydroxylation sites is 1. The van der Waals surface area contributed by atoms with Crippen molar-refractivity contribution < 1.29 is 14.4 Å². The van der Waals surface area contributed by atoms with E-state index in [-0.39, 0.29) is 24.3 Å². The Balaban J connectivity index is 1.35. The molecule has 0 aliphatic carbocycles. The fraction of sp³-hybridized carbons (Fsp3) is 0.143. The van der Waals surface area contributed by atoms with Gasteiger partial charge in [0.05, 0.1) is 16.2 Å². The average Bonchev–Trinajstić information content (AvgIpc) is 3.34. The maximum absolute atomic E-state index is 13.6. The number of amides is 3. The zero-order valence-corrected chi connectivity index (χ0v) is 21.0. The number of carbonyl (C=O) groups is 3. The number of fused-ring (bicyclic) bond motifs is 1. The summed E-state index contributed by atoms with van der Waals surface area (Å²) in [4.78, 5) is 43.0. The third kappa shape index (κ3) is 4.82. The number of nitrogens with zero attached hydrogens (tertiary/aromatic N) is 2. The molecule has 1 N–H and O–H groups in total. The summed E-state index contributed by atoms with van der Waals surface area (Å²) >= 11 is 6.66. The van der Waals surface area contributed by atoms with Crippen LogP contribution in [0.4, 0.5) is 5.69 Å². The predicted octanol–water partition coefficient (Wildman–Crippen LogP) is 4.16. The van der Waals surface area contributed by atoms with Crippen LogP contribution in [0.3, 0.4) is 0 Å². The van der Waals surface area contributed by atoms with Gasteiger partial charge in [0.25, 0.3) is 11.8 Å². The van der Waals surface area contributed by atoms with E-state index in [2.05, 4.69) is 5.32 Å². The molecule has 8 heteroatoms. The second-order valence-corrected chi connectivity index (χ2v) is 10.1. The number of anilines is 1. The molecule has 36 heavy (non-hydrogen) atoms. The first-order valence-electron chi connectivity index (χ1n) is 11.6. The van der Waals surface area contributed by atoms with Gasteiger partial charge in [-0.3, -0.25) is 24.2 Å². The minimum atomic E-state index is -0.366. The van der Waals surface area contributed by atoms with Crippen LogP contribution in [0, 0.1) is 0 Å². The molecule has 3 aromatic carbocycles. The van der Waals surface area contributed by atoms with E-state index in [9.17, 15) is 14.4 Å². The molecule has 0 spiro atoms. The van der Waals surface area contributed by atoms with Crippen LogP contribution >= 0.6 is 24.0 Å². The van der Waals surface area contributed by atoms with Crippen molar-refractivity contribution in [2.75, 3.05) is 18.0 Å². The van der Waals surface area contributed by atoms with Crippen LogP contribution in [0.1, 0.15) is 16.7 Å². The van der Waals surface area contributed by atoms with Crippen molar-refractivity contribution in [3.63, 3.8) is 0 Å². The normalized spacial score (nSPS) is 17.1. The molecule has 1 saturated heterocycles. The van der Waals surface area contributed by atoms with E-state index in [1.807, 2.05) is 72.8 Å². The van der Waals surface area contributed by atoms with E-state index in [1.54, 1.807) is 17.0 Å². The Kier molecular flexibility index (Phi) is 6.97. The predicted molar refractivity (Wildman–Crippen MR) is 146 cm³/mol. The van der Waals surface area contributed by atoms with Crippen LogP contribution in [-0.4, -0.2) is 40.0 Å². The molecule has 0 bridgehead atoms. The summed E-state index contributed by atoms with van der Waals surface area (Å²) in [6.45, 7) is 0.670. The molecular weight excluding hydrogens is 490 g/mol. The Morgan fingerprint density at radius 3 is 2.17 bits per heavy atom. The second kappa shape index (κ2) is 10.5. The molecule has 2 aliphatic heterocycles. The second-order valence-electron chi connectivity index (χ2n) is 8.44. The van der Waals surface area contributed by atoms with Gasteiger partial charge in [0.15, 0.2) is 0 Å². The lowest BCUT2D eigenvalue weighted by molar-refractivity contribution is -0.122. The number of rotatable bonds is 7. The van der Waals surface area contributed by atoms with Crippen molar-refractivity contribution in [3.05, 3.63) is 107 Å². The smallest absolute Gasteiger partial charge is 0.267 e. The number of thioether (sulfide) groups is 1. The molecule has 2 aliphatic rings. The molecular formula is C28H23N3O3S2. The van der Waals surface area contributed by atoms with Gasteiger partial charge in [0.1, 0.15) is 10.9 Å². The summed E-state index contributed by atoms with van der Waals surface area (Å²) in [5.41, 5.74) is 3.64. The van der Waals surface area contributed by atoms with E-state index in [1.165, 1.54) is 4.90 Å². The van der Waals surface area contributed by atoms with Gasteiger partial charge in [-0.1, -0.05) is 103 Å². The summed E-state index contributed by atoms with van der Waals surface area (Å²) in [6, 6.07) is 26.7. The lowest BCUT2D eigenvalue weighted by Crippen LogP contribution is -2.38. The number of carbonyl (C=O) groups excluding carboxylic acids is 3. The zero-order chi connectivity index (χ0) is 25.1. The topological polar surface area (TPSA) is 69.7 Å². The SMILES string of the molecule is O=C(CN1C(=O)/C(=C2/SC(=S)N(CCc3ccccc3)C2=O)c2ccccc21)NCc1ccccc1. The Morgan fingerprint density at radius 1 is 0.806 bits per heavy atom. The van der Waals surface area contributed by atoms with Gasteiger partial charge >= 0.3 is 0 Å². The summed E-state index contributed by atoms with van der Waals surface area (Å²) in [5, 5.41) is 2.87. The van der Waals surface area contributed by atoms with Crippen molar-refractivity contribution in [3.8, 4) is 0 Å². The quantitative estimate of drug-likeness (QED) is 0.380. The lowest BCUT2D eigenvalue weighted by atomic mass is 10.1. The molecule has 1 fully saturated rings. The number of hydrogen-bond donors (Lipinski definition) is 1. The van der Waals surface area contributed by atoms with Crippen LogP contribution in [-0.2, 0) is 27.3 Å². The highest BCUT2D eigenvalue weighted by atomic mass is 32.2. The standard InChI is InChI=1S/C28H23N3O3S2/c32-23(29-17-20-11-5-2-6-12-20)18-31-22-14-8-7-13-21(22)24(26(31)33)25-27(34)30(28(35)36-25)16-15-19-9-3-1-4-10-19/h1-14H,15-18H2,(H,29,32)/b25-24+. The van der Waals surface area contributed by atoms with Gasteiger partial charge in [0.2, 0.25) is 5.91 Å². The third-order valence-electron chi connectivity index (χ3n) is 6.10. The number of benzene rings is 3. The minimum Gasteiger partial charge on any atom is -0.350 e. The summed E-state index contributed by atoms with van der Waals surface area (Å²) in [5.74, 6) is -0.914. The van der Waals surface area contributed by atoms with E-state index in [0.717, 1.165) is 22.9 Å². The molecule has 0 saturated carbocycles. The first-order valence-corrected chi connectivity index (χ1v) is 12.8. The molecule has 5 rings (SSSR count). The lowest BCUT2D eigenvalue weighted by Gasteiger charge is -2.17.